The maximum atomic E-state index is 12.7. The van der Waals surface area contributed by atoms with Gasteiger partial charge in [-0.3, -0.25) is 19.9 Å². The summed E-state index contributed by atoms with van der Waals surface area (Å²) < 4.78 is 0. The molecular formula is C22H22N4O3. The van der Waals surface area contributed by atoms with Crippen LogP contribution in [0.4, 0.5) is 11.4 Å². The third-order valence-electron chi connectivity index (χ3n) is 4.60. The number of rotatable bonds is 8. The summed E-state index contributed by atoms with van der Waals surface area (Å²) in [5.74, 6) is -0.343. The van der Waals surface area contributed by atoms with Gasteiger partial charge in [-0.15, -0.1) is 0 Å². The molecule has 0 saturated carbocycles. The number of nitro groups is 1. The second kappa shape index (κ2) is 9.45. The van der Waals surface area contributed by atoms with Gasteiger partial charge in [-0.1, -0.05) is 37.3 Å². The normalized spacial score (nSPS) is 11.5. The first-order valence-corrected chi connectivity index (χ1v) is 9.35. The smallest absolute Gasteiger partial charge is 0.293 e. The number of nitrogens with zero attached hydrogens (tertiary/aromatic N) is 2. The van der Waals surface area contributed by atoms with Crippen LogP contribution < -0.4 is 10.6 Å². The molecule has 3 aromatic rings. The van der Waals surface area contributed by atoms with Crippen molar-refractivity contribution in [1.82, 2.24) is 10.3 Å². The minimum Gasteiger partial charge on any atom is -0.375 e. The Morgan fingerprint density at radius 1 is 1.10 bits per heavy atom. The Hall–Kier alpha value is -3.74. The highest BCUT2D eigenvalue weighted by Crippen LogP contribution is 2.27. The first-order chi connectivity index (χ1) is 14.1. The van der Waals surface area contributed by atoms with E-state index < -0.39 is 4.92 Å². The predicted octanol–water partition coefficient (Wildman–Crippen LogP) is 4.48. The van der Waals surface area contributed by atoms with Crippen molar-refractivity contribution in [2.75, 3.05) is 5.32 Å². The van der Waals surface area contributed by atoms with Gasteiger partial charge in [0.15, 0.2) is 0 Å². The minimum atomic E-state index is -0.486. The quantitative estimate of drug-likeness (QED) is 0.436. The van der Waals surface area contributed by atoms with E-state index in [1.807, 2.05) is 49.4 Å². The van der Waals surface area contributed by atoms with Crippen LogP contribution >= 0.6 is 0 Å². The average molecular weight is 390 g/mol. The monoisotopic (exact) mass is 390 g/mol. The lowest BCUT2D eigenvalue weighted by Crippen LogP contribution is -2.28. The summed E-state index contributed by atoms with van der Waals surface area (Å²) in [4.78, 5) is 27.7. The average Bonchev–Trinajstić information content (AvgIpc) is 2.77. The molecule has 7 nitrogen and oxygen atoms in total. The van der Waals surface area contributed by atoms with E-state index in [1.165, 1.54) is 6.07 Å². The molecule has 2 N–H and O–H groups in total. The highest BCUT2D eigenvalue weighted by Gasteiger charge is 2.19. The zero-order valence-electron chi connectivity index (χ0n) is 16.0. The number of aromatic nitrogens is 1. The van der Waals surface area contributed by atoms with Crippen molar-refractivity contribution in [2.45, 2.75) is 25.9 Å². The molecule has 1 atom stereocenters. The van der Waals surface area contributed by atoms with Crippen LogP contribution in [0.5, 0.6) is 0 Å². The maximum absolute atomic E-state index is 12.7. The van der Waals surface area contributed by atoms with Crippen LogP contribution in [0.2, 0.25) is 0 Å². The van der Waals surface area contributed by atoms with E-state index in [0.29, 0.717) is 18.7 Å². The number of amides is 1. The molecule has 0 aliphatic heterocycles. The van der Waals surface area contributed by atoms with E-state index in [2.05, 4.69) is 15.6 Å². The van der Waals surface area contributed by atoms with Gasteiger partial charge in [-0.2, -0.15) is 0 Å². The second-order valence-corrected chi connectivity index (χ2v) is 6.54. The van der Waals surface area contributed by atoms with Crippen LogP contribution in [-0.2, 0) is 6.54 Å². The highest BCUT2D eigenvalue weighted by atomic mass is 16.6. The van der Waals surface area contributed by atoms with Crippen molar-refractivity contribution < 1.29 is 9.72 Å². The fourth-order valence-corrected chi connectivity index (χ4v) is 3.02. The van der Waals surface area contributed by atoms with E-state index in [0.717, 1.165) is 11.1 Å². The van der Waals surface area contributed by atoms with E-state index in [1.54, 1.807) is 24.5 Å². The number of nitro benzene ring substituents is 1. The summed E-state index contributed by atoms with van der Waals surface area (Å²) in [5.41, 5.74) is 2.41. The van der Waals surface area contributed by atoms with Crippen LogP contribution in [0.3, 0.4) is 0 Å². The van der Waals surface area contributed by atoms with Gasteiger partial charge in [-0.05, 0) is 41.8 Å². The molecule has 1 heterocycles. The van der Waals surface area contributed by atoms with Crippen molar-refractivity contribution in [3.8, 4) is 0 Å². The van der Waals surface area contributed by atoms with Crippen molar-refractivity contribution >= 4 is 17.3 Å². The Morgan fingerprint density at radius 3 is 2.48 bits per heavy atom. The SMILES string of the molecule is CCC(NC(=O)c1ccc(NCc2ccncc2)c([N+](=O)[O-])c1)c1ccccc1. The van der Waals surface area contributed by atoms with Crippen molar-refractivity contribution in [1.29, 1.82) is 0 Å². The lowest BCUT2D eigenvalue weighted by atomic mass is 10.0. The Morgan fingerprint density at radius 2 is 1.83 bits per heavy atom. The van der Waals surface area contributed by atoms with Gasteiger partial charge in [0, 0.05) is 30.6 Å². The molecule has 7 heteroatoms. The van der Waals surface area contributed by atoms with E-state index in [4.69, 9.17) is 0 Å². The molecule has 0 saturated heterocycles. The van der Waals surface area contributed by atoms with Gasteiger partial charge in [0.05, 0.1) is 11.0 Å². The topological polar surface area (TPSA) is 97.2 Å². The fraction of sp³-hybridized carbons (Fsp3) is 0.182. The molecule has 0 aliphatic carbocycles. The largest absolute Gasteiger partial charge is 0.375 e. The fourth-order valence-electron chi connectivity index (χ4n) is 3.02. The first-order valence-electron chi connectivity index (χ1n) is 9.35. The number of anilines is 1. The zero-order chi connectivity index (χ0) is 20.6. The second-order valence-electron chi connectivity index (χ2n) is 6.54. The van der Waals surface area contributed by atoms with Crippen molar-refractivity contribution in [3.63, 3.8) is 0 Å². The van der Waals surface area contributed by atoms with Gasteiger partial charge in [-0.25, -0.2) is 0 Å². The number of hydrogen-bond acceptors (Lipinski definition) is 5. The number of nitrogens with one attached hydrogen (secondary N) is 2. The lowest BCUT2D eigenvalue weighted by Gasteiger charge is -2.17. The van der Waals surface area contributed by atoms with Crippen LogP contribution in [0.1, 0.15) is 40.9 Å². The van der Waals surface area contributed by atoms with E-state index >= 15 is 0 Å². The summed E-state index contributed by atoms with van der Waals surface area (Å²) in [5, 5.41) is 17.5. The molecular weight excluding hydrogens is 368 g/mol. The van der Waals surface area contributed by atoms with Crippen LogP contribution in [0, 0.1) is 10.1 Å². The van der Waals surface area contributed by atoms with Gasteiger partial charge in [0.25, 0.3) is 11.6 Å². The summed E-state index contributed by atoms with van der Waals surface area (Å²) >= 11 is 0. The molecule has 0 bridgehead atoms. The van der Waals surface area contributed by atoms with Crippen LogP contribution in [0.25, 0.3) is 0 Å². The molecule has 0 aliphatic rings. The van der Waals surface area contributed by atoms with Crippen LogP contribution in [-0.4, -0.2) is 15.8 Å². The number of carbonyl (C=O) groups is 1. The molecule has 3 rings (SSSR count). The molecule has 1 unspecified atom stereocenters. The molecule has 0 fully saturated rings. The van der Waals surface area contributed by atoms with E-state index in [9.17, 15) is 14.9 Å². The summed E-state index contributed by atoms with van der Waals surface area (Å²) in [6.45, 7) is 2.40. The molecule has 29 heavy (non-hydrogen) atoms. The van der Waals surface area contributed by atoms with Crippen molar-refractivity contribution in [2.24, 2.45) is 0 Å². The number of benzene rings is 2. The van der Waals surface area contributed by atoms with Crippen molar-refractivity contribution in [3.05, 3.63) is 99.9 Å². The van der Waals surface area contributed by atoms with Gasteiger partial charge >= 0.3 is 0 Å². The number of carbonyl (C=O) groups excluding carboxylic acids is 1. The molecule has 1 amide bonds. The maximum Gasteiger partial charge on any atom is 0.293 e. The standard InChI is InChI=1S/C22H22N4O3/c1-2-19(17-6-4-3-5-7-17)25-22(27)18-8-9-20(21(14-18)26(28)29)24-15-16-10-12-23-13-11-16/h3-14,19,24H,2,15H2,1H3,(H,25,27). The summed E-state index contributed by atoms with van der Waals surface area (Å²) in [6, 6.07) is 17.6. The number of hydrogen-bond donors (Lipinski definition) is 2. The molecule has 2 aromatic carbocycles. The Kier molecular flexibility index (Phi) is 6.52. The molecule has 0 radical (unpaired) electrons. The Balaban J connectivity index is 1.76. The molecule has 148 valence electrons. The minimum absolute atomic E-state index is 0.139. The van der Waals surface area contributed by atoms with Crippen LogP contribution in [0.15, 0.2) is 73.1 Å². The number of pyridine rings is 1. The predicted molar refractivity (Wildman–Crippen MR) is 112 cm³/mol. The third kappa shape index (κ3) is 5.16. The molecule has 1 aromatic heterocycles. The first kappa shape index (κ1) is 20.0. The van der Waals surface area contributed by atoms with Gasteiger partial charge in [0.1, 0.15) is 5.69 Å². The molecule has 0 spiro atoms. The summed E-state index contributed by atoms with van der Waals surface area (Å²) in [7, 11) is 0. The van der Waals surface area contributed by atoms with E-state index in [-0.39, 0.29) is 23.2 Å². The zero-order valence-corrected chi connectivity index (χ0v) is 16.0. The van der Waals surface area contributed by atoms with Gasteiger partial charge in [0.2, 0.25) is 0 Å². The lowest BCUT2D eigenvalue weighted by molar-refractivity contribution is -0.384. The Labute approximate surface area is 169 Å². The Bertz CT molecular complexity index is 978. The summed E-state index contributed by atoms with van der Waals surface area (Å²) in [6.07, 6.45) is 4.04. The van der Waals surface area contributed by atoms with Gasteiger partial charge < -0.3 is 10.6 Å². The highest BCUT2D eigenvalue weighted by molar-refractivity contribution is 5.96. The third-order valence-corrected chi connectivity index (χ3v) is 4.60.